The number of allylic oxidation sites excluding steroid dienone is 1. The molecule has 0 rings (SSSR count). The van der Waals surface area contributed by atoms with Crippen molar-refractivity contribution in [3.8, 4) is 0 Å². The fourth-order valence-electron chi connectivity index (χ4n) is 1.07. The molecule has 0 radical (unpaired) electrons. The predicted octanol–water partition coefficient (Wildman–Crippen LogP) is 2.84. The van der Waals surface area contributed by atoms with Crippen LogP contribution in [0.3, 0.4) is 0 Å². The molecule has 2 heteroatoms. The van der Waals surface area contributed by atoms with Crippen molar-refractivity contribution in [1.29, 1.82) is 0 Å². The molecule has 0 aromatic rings. The molecular formula is C10H18O2. The first kappa shape index (κ1) is 11.2. The summed E-state index contributed by atoms with van der Waals surface area (Å²) in [7, 11) is 0. The highest BCUT2D eigenvalue weighted by Gasteiger charge is 1.98. The minimum absolute atomic E-state index is 0.612. The molecule has 0 aliphatic rings. The lowest BCUT2D eigenvalue weighted by atomic mass is 10.0. The van der Waals surface area contributed by atoms with Crippen LogP contribution < -0.4 is 0 Å². The van der Waals surface area contributed by atoms with Crippen LogP contribution in [-0.4, -0.2) is 11.1 Å². The number of rotatable bonds is 6. The zero-order chi connectivity index (χ0) is 9.40. The lowest BCUT2D eigenvalue weighted by molar-refractivity contribution is -0.131. The quantitative estimate of drug-likeness (QED) is 0.622. The van der Waals surface area contributed by atoms with Crippen LogP contribution in [0.15, 0.2) is 12.2 Å². The molecular weight excluding hydrogens is 152 g/mol. The van der Waals surface area contributed by atoms with Gasteiger partial charge in [-0.2, -0.15) is 0 Å². The Kier molecular flexibility index (Phi) is 6.44. The van der Waals surface area contributed by atoms with Gasteiger partial charge in [0.05, 0.1) is 0 Å². The van der Waals surface area contributed by atoms with Crippen molar-refractivity contribution < 1.29 is 9.90 Å². The molecule has 2 nitrogen and oxygen atoms in total. The molecule has 1 unspecified atom stereocenters. The van der Waals surface area contributed by atoms with E-state index in [9.17, 15) is 4.79 Å². The number of hydrogen-bond acceptors (Lipinski definition) is 1. The summed E-state index contributed by atoms with van der Waals surface area (Å²) in [6.45, 7) is 4.32. The van der Waals surface area contributed by atoms with E-state index in [4.69, 9.17) is 5.11 Å². The van der Waals surface area contributed by atoms with E-state index < -0.39 is 5.97 Å². The van der Waals surface area contributed by atoms with Gasteiger partial charge in [-0.1, -0.05) is 39.2 Å². The monoisotopic (exact) mass is 170 g/mol. The van der Waals surface area contributed by atoms with Crippen LogP contribution in [-0.2, 0) is 4.79 Å². The Hall–Kier alpha value is -0.790. The average molecular weight is 170 g/mol. The minimum Gasteiger partial charge on any atom is -0.478 e. The van der Waals surface area contributed by atoms with Crippen molar-refractivity contribution in [3.63, 3.8) is 0 Å². The second-order valence-electron chi connectivity index (χ2n) is 3.22. The summed E-state index contributed by atoms with van der Waals surface area (Å²) >= 11 is 0. The smallest absolute Gasteiger partial charge is 0.327 e. The van der Waals surface area contributed by atoms with Gasteiger partial charge in [-0.15, -0.1) is 0 Å². The van der Waals surface area contributed by atoms with Crippen molar-refractivity contribution in [1.82, 2.24) is 0 Å². The Balaban J connectivity index is 3.42. The summed E-state index contributed by atoms with van der Waals surface area (Å²) in [6.07, 6.45) is 7.49. The Morgan fingerprint density at radius 2 is 2.25 bits per heavy atom. The summed E-state index contributed by atoms with van der Waals surface area (Å²) in [5.41, 5.74) is 0. The first-order chi connectivity index (χ1) is 5.66. The van der Waals surface area contributed by atoms with Gasteiger partial charge >= 0.3 is 5.97 Å². The molecule has 0 saturated heterocycles. The molecule has 0 fully saturated rings. The van der Waals surface area contributed by atoms with E-state index in [1.807, 2.05) is 0 Å². The summed E-state index contributed by atoms with van der Waals surface area (Å²) in [5, 5.41) is 8.32. The molecule has 70 valence electrons. The molecule has 0 aliphatic heterocycles. The third kappa shape index (κ3) is 7.32. The van der Waals surface area contributed by atoms with Crippen molar-refractivity contribution in [2.24, 2.45) is 5.92 Å². The molecule has 1 atom stereocenters. The lowest BCUT2D eigenvalue weighted by Gasteiger charge is -2.05. The van der Waals surface area contributed by atoms with Crippen LogP contribution in [0.4, 0.5) is 0 Å². The SMILES string of the molecule is CCCCC(C)C/C=C/C(=O)O. The maximum Gasteiger partial charge on any atom is 0.327 e. The number of carboxylic acids is 1. The van der Waals surface area contributed by atoms with E-state index >= 15 is 0 Å². The largest absolute Gasteiger partial charge is 0.478 e. The van der Waals surface area contributed by atoms with Gasteiger partial charge in [0.2, 0.25) is 0 Å². The zero-order valence-electron chi connectivity index (χ0n) is 7.92. The lowest BCUT2D eigenvalue weighted by Crippen LogP contribution is -1.93. The standard InChI is InChI=1S/C10H18O2/c1-3-4-6-9(2)7-5-8-10(11)12/h5,8-9H,3-4,6-7H2,1-2H3,(H,11,12)/b8-5+. The summed E-state index contributed by atoms with van der Waals surface area (Å²) < 4.78 is 0. The third-order valence-corrected chi connectivity index (χ3v) is 1.85. The van der Waals surface area contributed by atoms with Crippen LogP contribution in [0.1, 0.15) is 39.5 Å². The predicted molar refractivity (Wildman–Crippen MR) is 50.1 cm³/mol. The summed E-state index contributed by atoms with van der Waals surface area (Å²) in [5.74, 6) is -0.238. The molecule has 12 heavy (non-hydrogen) atoms. The normalized spacial score (nSPS) is 13.5. The van der Waals surface area contributed by atoms with Crippen LogP contribution in [0.5, 0.6) is 0 Å². The number of carboxylic acid groups (broad SMARTS) is 1. The molecule has 0 bridgehead atoms. The van der Waals surface area contributed by atoms with Crippen molar-refractivity contribution >= 4 is 5.97 Å². The average Bonchev–Trinajstić information content (AvgIpc) is 2.00. The minimum atomic E-state index is -0.849. The highest BCUT2D eigenvalue weighted by Crippen LogP contribution is 2.11. The van der Waals surface area contributed by atoms with Gasteiger partial charge in [-0.25, -0.2) is 4.79 Å². The second kappa shape index (κ2) is 6.89. The number of hydrogen-bond donors (Lipinski definition) is 1. The van der Waals surface area contributed by atoms with Crippen LogP contribution in [0, 0.1) is 5.92 Å². The van der Waals surface area contributed by atoms with E-state index in [0.717, 1.165) is 6.42 Å². The van der Waals surface area contributed by atoms with E-state index in [1.54, 1.807) is 6.08 Å². The van der Waals surface area contributed by atoms with E-state index in [-0.39, 0.29) is 0 Å². The number of aliphatic carboxylic acids is 1. The van der Waals surface area contributed by atoms with Crippen LogP contribution in [0.2, 0.25) is 0 Å². The number of unbranched alkanes of at least 4 members (excludes halogenated alkanes) is 1. The van der Waals surface area contributed by atoms with E-state index in [1.165, 1.54) is 25.3 Å². The molecule has 0 aliphatic carbocycles. The van der Waals surface area contributed by atoms with Gasteiger partial charge in [-0.3, -0.25) is 0 Å². The van der Waals surface area contributed by atoms with Crippen LogP contribution >= 0.6 is 0 Å². The van der Waals surface area contributed by atoms with Gasteiger partial charge in [0, 0.05) is 6.08 Å². The van der Waals surface area contributed by atoms with Crippen molar-refractivity contribution in [3.05, 3.63) is 12.2 Å². The second-order valence-corrected chi connectivity index (χ2v) is 3.22. The Morgan fingerprint density at radius 1 is 1.58 bits per heavy atom. The van der Waals surface area contributed by atoms with Gasteiger partial charge < -0.3 is 5.11 Å². The fourth-order valence-corrected chi connectivity index (χ4v) is 1.07. The molecule has 1 N–H and O–H groups in total. The van der Waals surface area contributed by atoms with Crippen LogP contribution in [0.25, 0.3) is 0 Å². The molecule has 0 aromatic carbocycles. The molecule has 0 saturated carbocycles. The Labute approximate surface area is 74.3 Å². The number of carbonyl (C=O) groups is 1. The highest BCUT2D eigenvalue weighted by molar-refractivity contribution is 5.79. The highest BCUT2D eigenvalue weighted by atomic mass is 16.4. The molecule has 0 spiro atoms. The fraction of sp³-hybridized carbons (Fsp3) is 0.700. The summed E-state index contributed by atoms with van der Waals surface area (Å²) in [4.78, 5) is 10.1. The molecule has 0 aromatic heterocycles. The topological polar surface area (TPSA) is 37.3 Å². The maximum absolute atomic E-state index is 10.1. The van der Waals surface area contributed by atoms with E-state index in [2.05, 4.69) is 13.8 Å². The first-order valence-corrected chi connectivity index (χ1v) is 4.56. The third-order valence-electron chi connectivity index (χ3n) is 1.85. The Morgan fingerprint density at radius 3 is 2.75 bits per heavy atom. The van der Waals surface area contributed by atoms with Crippen molar-refractivity contribution in [2.45, 2.75) is 39.5 Å². The van der Waals surface area contributed by atoms with Gasteiger partial charge in [0.1, 0.15) is 0 Å². The maximum atomic E-state index is 10.1. The molecule has 0 amide bonds. The van der Waals surface area contributed by atoms with Gasteiger partial charge in [0.25, 0.3) is 0 Å². The van der Waals surface area contributed by atoms with Gasteiger partial charge in [0.15, 0.2) is 0 Å². The Bertz CT molecular complexity index is 150. The van der Waals surface area contributed by atoms with E-state index in [0.29, 0.717) is 5.92 Å². The zero-order valence-corrected chi connectivity index (χ0v) is 7.92. The van der Waals surface area contributed by atoms with Gasteiger partial charge in [-0.05, 0) is 12.3 Å². The first-order valence-electron chi connectivity index (χ1n) is 4.56. The summed E-state index contributed by atoms with van der Waals surface area (Å²) in [6, 6.07) is 0. The molecule has 0 heterocycles. The van der Waals surface area contributed by atoms with Crippen molar-refractivity contribution in [2.75, 3.05) is 0 Å².